The number of hydrogen-bond donors (Lipinski definition) is 1. The molecule has 140 valence electrons. The fraction of sp³-hybridized carbons (Fsp3) is 0.125. The van der Waals surface area contributed by atoms with E-state index in [-0.39, 0.29) is 12.2 Å². The predicted molar refractivity (Wildman–Crippen MR) is 118 cm³/mol. The van der Waals surface area contributed by atoms with Gasteiger partial charge in [0.2, 0.25) is 0 Å². The lowest BCUT2D eigenvalue weighted by atomic mass is 9.96. The minimum absolute atomic E-state index is 0.118. The maximum absolute atomic E-state index is 13.5. The molecule has 1 aromatic heterocycles. The molecule has 0 spiro atoms. The lowest BCUT2D eigenvalue weighted by Crippen LogP contribution is -2.24. The Morgan fingerprint density at radius 1 is 0.929 bits per heavy atom. The third kappa shape index (κ3) is 3.09. The molecular weight excluding hydrogens is 414 g/mol. The van der Waals surface area contributed by atoms with E-state index in [4.69, 9.17) is 0 Å². The summed E-state index contributed by atoms with van der Waals surface area (Å²) in [4.78, 5) is 13.5. The van der Waals surface area contributed by atoms with E-state index in [9.17, 15) is 9.90 Å². The summed E-state index contributed by atoms with van der Waals surface area (Å²) in [6, 6.07) is 23.5. The highest BCUT2D eigenvalue weighted by atomic mass is 79.9. The Hall–Kier alpha value is -2.69. The van der Waals surface area contributed by atoms with Gasteiger partial charge in [-0.15, -0.1) is 0 Å². The summed E-state index contributed by atoms with van der Waals surface area (Å²) in [6.45, 7) is 1.83. The molecule has 0 saturated heterocycles. The van der Waals surface area contributed by atoms with Crippen LogP contribution >= 0.6 is 15.9 Å². The van der Waals surface area contributed by atoms with Gasteiger partial charge in [0.05, 0.1) is 18.0 Å². The van der Waals surface area contributed by atoms with Crippen LogP contribution in [0.3, 0.4) is 0 Å². The van der Waals surface area contributed by atoms with Crippen molar-refractivity contribution in [3.05, 3.63) is 98.9 Å². The molecule has 0 atom stereocenters. The van der Waals surface area contributed by atoms with Crippen molar-refractivity contribution in [3.63, 3.8) is 0 Å². The number of nitrogens with zero attached hydrogens (tertiary/aromatic N) is 1. The van der Waals surface area contributed by atoms with E-state index in [0.717, 1.165) is 38.7 Å². The Labute approximate surface area is 172 Å². The number of pyridine rings is 1. The normalized spacial score (nSPS) is 11.1. The average molecular weight is 434 g/mol. The number of aliphatic hydroxyl groups excluding tert-OH is 1. The van der Waals surface area contributed by atoms with Crippen LogP contribution in [0.4, 0.5) is 0 Å². The summed E-state index contributed by atoms with van der Waals surface area (Å²) in [5.74, 6) is 0. The fourth-order valence-electron chi connectivity index (χ4n) is 3.78. The first-order valence-electron chi connectivity index (χ1n) is 9.27. The molecule has 4 rings (SSSR count). The first-order valence-corrected chi connectivity index (χ1v) is 10.1. The summed E-state index contributed by atoms with van der Waals surface area (Å²) in [5.41, 5.74) is 4.22. The molecular formula is C24H20BrNO2. The van der Waals surface area contributed by atoms with Crippen LogP contribution in [-0.2, 0) is 13.0 Å². The van der Waals surface area contributed by atoms with Crippen molar-refractivity contribution in [1.82, 2.24) is 4.57 Å². The Kier molecular flexibility index (Phi) is 5.16. The van der Waals surface area contributed by atoms with Crippen LogP contribution in [0.2, 0.25) is 0 Å². The van der Waals surface area contributed by atoms with Crippen LogP contribution in [0.25, 0.3) is 27.6 Å². The van der Waals surface area contributed by atoms with Gasteiger partial charge in [-0.05, 0) is 47.2 Å². The molecule has 0 aliphatic rings. The molecule has 28 heavy (non-hydrogen) atoms. The van der Waals surface area contributed by atoms with Gasteiger partial charge in [-0.25, -0.2) is 0 Å². The molecule has 1 N–H and O–H groups in total. The van der Waals surface area contributed by atoms with Crippen LogP contribution in [0.1, 0.15) is 18.2 Å². The second-order valence-corrected chi connectivity index (χ2v) is 7.57. The number of rotatable bonds is 4. The SMILES string of the molecule is CCc1ccccc1-n1c(CO)c(-c2ccccc2)c2cc(Br)ccc2c1=O. The van der Waals surface area contributed by atoms with Crippen LogP contribution < -0.4 is 5.56 Å². The highest BCUT2D eigenvalue weighted by Crippen LogP contribution is 2.34. The van der Waals surface area contributed by atoms with Crippen LogP contribution in [0.5, 0.6) is 0 Å². The van der Waals surface area contributed by atoms with Gasteiger partial charge in [0.1, 0.15) is 0 Å². The van der Waals surface area contributed by atoms with Crippen molar-refractivity contribution in [3.8, 4) is 16.8 Å². The molecule has 0 saturated carbocycles. The van der Waals surface area contributed by atoms with E-state index in [2.05, 4.69) is 22.9 Å². The number of benzene rings is 3. The zero-order chi connectivity index (χ0) is 19.7. The van der Waals surface area contributed by atoms with E-state index >= 15 is 0 Å². The van der Waals surface area contributed by atoms with E-state index < -0.39 is 0 Å². The van der Waals surface area contributed by atoms with Crippen molar-refractivity contribution in [2.75, 3.05) is 0 Å². The van der Waals surface area contributed by atoms with Crippen LogP contribution in [0.15, 0.2) is 82.1 Å². The molecule has 0 fully saturated rings. The Balaban J connectivity index is 2.22. The number of aliphatic hydroxyl groups is 1. The summed E-state index contributed by atoms with van der Waals surface area (Å²) >= 11 is 3.53. The van der Waals surface area contributed by atoms with Gasteiger partial charge in [-0.3, -0.25) is 9.36 Å². The molecule has 0 aliphatic heterocycles. The van der Waals surface area contributed by atoms with Gasteiger partial charge in [-0.1, -0.05) is 71.4 Å². The molecule has 0 radical (unpaired) electrons. The van der Waals surface area contributed by atoms with Crippen molar-refractivity contribution in [2.24, 2.45) is 0 Å². The monoisotopic (exact) mass is 433 g/mol. The van der Waals surface area contributed by atoms with Gasteiger partial charge < -0.3 is 5.11 Å². The molecule has 0 aliphatic carbocycles. The number of halogens is 1. The minimum atomic E-state index is -0.236. The summed E-state index contributed by atoms with van der Waals surface area (Å²) in [7, 11) is 0. The minimum Gasteiger partial charge on any atom is -0.390 e. The fourth-order valence-corrected chi connectivity index (χ4v) is 4.14. The number of aromatic nitrogens is 1. The quantitative estimate of drug-likeness (QED) is 0.463. The predicted octanol–water partition coefficient (Wildman–Crippen LogP) is 5.47. The Bertz CT molecular complexity index is 1210. The van der Waals surface area contributed by atoms with E-state index in [0.29, 0.717) is 11.1 Å². The lowest BCUT2D eigenvalue weighted by Gasteiger charge is -2.21. The van der Waals surface area contributed by atoms with Gasteiger partial charge in [0.25, 0.3) is 5.56 Å². The standard InChI is InChI=1S/C24H20BrNO2/c1-2-16-8-6-7-11-21(16)26-22(15-27)23(17-9-4-3-5-10-17)20-14-18(25)12-13-19(20)24(26)28/h3-14,27H,2,15H2,1H3. The molecule has 0 unspecified atom stereocenters. The largest absolute Gasteiger partial charge is 0.390 e. The van der Waals surface area contributed by atoms with Gasteiger partial charge in [0.15, 0.2) is 0 Å². The first-order chi connectivity index (χ1) is 13.7. The second kappa shape index (κ2) is 7.74. The number of hydrogen-bond acceptors (Lipinski definition) is 2. The third-order valence-corrected chi connectivity index (χ3v) is 5.56. The highest BCUT2D eigenvalue weighted by molar-refractivity contribution is 9.10. The molecule has 1 heterocycles. The van der Waals surface area contributed by atoms with E-state index in [1.165, 1.54) is 0 Å². The van der Waals surface area contributed by atoms with E-state index in [1.807, 2.05) is 72.8 Å². The number of fused-ring (bicyclic) bond motifs is 1. The molecule has 3 nitrogen and oxygen atoms in total. The molecule has 0 amide bonds. The number of aryl methyl sites for hydroxylation is 1. The Morgan fingerprint density at radius 2 is 1.64 bits per heavy atom. The molecule has 4 heteroatoms. The molecule has 0 bridgehead atoms. The lowest BCUT2D eigenvalue weighted by molar-refractivity contribution is 0.274. The highest BCUT2D eigenvalue weighted by Gasteiger charge is 2.20. The summed E-state index contributed by atoms with van der Waals surface area (Å²) < 4.78 is 2.57. The maximum Gasteiger partial charge on any atom is 0.263 e. The van der Waals surface area contributed by atoms with Crippen molar-refractivity contribution in [1.29, 1.82) is 0 Å². The van der Waals surface area contributed by atoms with Crippen LogP contribution in [0, 0.1) is 0 Å². The van der Waals surface area contributed by atoms with Crippen molar-refractivity contribution in [2.45, 2.75) is 20.0 Å². The van der Waals surface area contributed by atoms with Crippen LogP contribution in [-0.4, -0.2) is 9.67 Å². The Morgan fingerprint density at radius 3 is 2.36 bits per heavy atom. The summed E-state index contributed by atoms with van der Waals surface area (Å²) in [6.07, 6.45) is 0.798. The van der Waals surface area contributed by atoms with Crippen molar-refractivity contribution < 1.29 is 5.11 Å². The molecule has 3 aromatic carbocycles. The van der Waals surface area contributed by atoms with E-state index in [1.54, 1.807) is 4.57 Å². The molecule has 4 aromatic rings. The first kappa shape index (κ1) is 18.7. The third-order valence-electron chi connectivity index (χ3n) is 5.07. The second-order valence-electron chi connectivity index (χ2n) is 6.66. The topological polar surface area (TPSA) is 42.2 Å². The van der Waals surface area contributed by atoms with Gasteiger partial charge in [0, 0.05) is 15.4 Å². The van der Waals surface area contributed by atoms with Gasteiger partial charge >= 0.3 is 0 Å². The summed E-state index contributed by atoms with van der Waals surface area (Å²) in [5, 5.41) is 11.8. The number of para-hydroxylation sites is 1. The zero-order valence-electron chi connectivity index (χ0n) is 15.5. The van der Waals surface area contributed by atoms with Gasteiger partial charge in [-0.2, -0.15) is 0 Å². The zero-order valence-corrected chi connectivity index (χ0v) is 17.1. The maximum atomic E-state index is 13.5. The average Bonchev–Trinajstić information content (AvgIpc) is 2.74. The smallest absolute Gasteiger partial charge is 0.263 e. The van der Waals surface area contributed by atoms with Crippen molar-refractivity contribution >= 4 is 26.7 Å².